The fourth-order valence-electron chi connectivity index (χ4n) is 3.15. The predicted octanol–water partition coefficient (Wildman–Crippen LogP) is 2.57. The summed E-state index contributed by atoms with van der Waals surface area (Å²) in [6.07, 6.45) is 0.482. The molecule has 0 aliphatic carbocycles. The summed E-state index contributed by atoms with van der Waals surface area (Å²) in [5.41, 5.74) is -0.651. The number of methoxy groups -OCH3 is 1. The topological polar surface area (TPSA) is 116 Å². The Kier molecular flexibility index (Phi) is 5.06. The zero-order valence-corrected chi connectivity index (χ0v) is 15.7. The van der Waals surface area contributed by atoms with Gasteiger partial charge in [-0.1, -0.05) is 18.2 Å². The number of carbonyl (C=O) groups is 1. The zero-order valence-electron chi connectivity index (χ0n) is 15.7. The van der Waals surface area contributed by atoms with Crippen LogP contribution in [-0.4, -0.2) is 45.0 Å². The van der Waals surface area contributed by atoms with E-state index in [4.69, 9.17) is 9.47 Å². The van der Waals surface area contributed by atoms with Crippen molar-refractivity contribution in [3.8, 4) is 23.0 Å². The van der Waals surface area contributed by atoms with Crippen LogP contribution in [0.15, 0.2) is 36.4 Å². The third-order valence-corrected chi connectivity index (χ3v) is 4.57. The van der Waals surface area contributed by atoms with Crippen LogP contribution in [0.3, 0.4) is 0 Å². The molecule has 0 bridgehead atoms. The quantitative estimate of drug-likeness (QED) is 0.461. The van der Waals surface area contributed by atoms with Crippen molar-refractivity contribution in [3.63, 3.8) is 0 Å². The number of aromatic hydroxyl groups is 2. The number of ether oxygens (including phenoxy) is 2. The van der Waals surface area contributed by atoms with Crippen molar-refractivity contribution in [2.24, 2.45) is 0 Å². The molecule has 2 aromatic carbocycles. The summed E-state index contributed by atoms with van der Waals surface area (Å²) < 4.78 is 10.9. The molecule has 3 rings (SSSR count). The summed E-state index contributed by atoms with van der Waals surface area (Å²) >= 11 is 0. The fraction of sp³-hybridized carbons (Fsp3) is 0.286. The molecular weight excluding hydrogens is 364 g/mol. The second-order valence-electron chi connectivity index (χ2n) is 7.14. The number of carbonyl (C=O) groups excluding carboxylic acids is 1. The van der Waals surface area contributed by atoms with Crippen molar-refractivity contribution in [1.82, 2.24) is 0 Å². The van der Waals surface area contributed by atoms with E-state index in [0.29, 0.717) is 5.56 Å². The number of hydrogen-bond donors (Lipinski definition) is 4. The lowest BCUT2D eigenvalue weighted by molar-refractivity contribution is -0.0765. The van der Waals surface area contributed by atoms with Crippen LogP contribution in [0.2, 0.25) is 0 Å². The highest BCUT2D eigenvalue weighted by Gasteiger charge is 2.46. The number of phenols is 2. The summed E-state index contributed by atoms with van der Waals surface area (Å²) in [6, 6.07) is 7.51. The third kappa shape index (κ3) is 3.54. The Bertz CT molecular complexity index is 923. The van der Waals surface area contributed by atoms with Gasteiger partial charge in [0.2, 0.25) is 0 Å². The van der Waals surface area contributed by atoms with Gasteiger partial charge in [-0.2, -0.15) is 0 Å². The van der Waals surface area contributed by atoms with Gasteiger partial charge in [-0.15, -0.1) is 0 Å². The van der Waals surface area contributed by atoms with Crippen molar-refractivity contribution in [2.75, 3.05) is 7.11 Å². The van der Waals surface area contributed by atoms with Gasteiger partial charge >= 0.3 is 0 Å². The average molecular weight is 386 g/mol. The van der Waals surface area contributed by atoms with Crippen molar-refractivity contribution in [1.29, 1.82) is 0 Å². The summed E-state index contributed by atoms with van der Waals surface area (Å²) in [4.78, 5) is 12.9. The normalized spacial score (nSPS) is 18.8. The molecule has 0 radical (unpaired) electrons. The number of benzene rings is 2. The van der Waals surface area contributed by atoms with Gasteiger partial charge in [0.1, 0.15) is 34.7 Å². The molecule has 2 aromatic rings. The molecule has 2 unspecified atom stereocenters. The maximum Gasteiger partial charge on any atom is 0.193 e. The SMILES string of the molecule is COc1cc(O)c2c(c1C(=O)/C=C/c1ccc(O)cc1)OC(C(C)(C)O)C2O. The molecule has 148 valence electrons. The molecule has 0 spiro atoms. The predicted molar refractivity (Wildman–Crippen MR) is 102 cm³/mol. The van der Waals surface area contributed by atoms with Crippen LogP contribution in [0.4, 0.5) is 0 Å². The van der Waals surface area contributed by atoms with Crippen molar-refractivity contribution in [2.45, 2.75) is 31.7 Å². The summed E-state index contributed by atoms with van der Waals surface area (Å²) in [7, 11) is 1.35. The van der Waals surface area contributed by atoms with E-state index in [9.17, 15) is 25.2 Å². The van der Waals surface area contributed by atoms with Crippen LogP contribution < -0.4 is 9.47 Å². The summed E-state index contributed by atoms with van der Waals surface area (Å²) in [5, 5.41) is 40.4. The first-order valence-corrected chi connectivity index (χ1v) is 8.66. The summed E-state index contributed by atoms with van der Waals surface area (Å²) in [6.45, 7) is 2.93. The Morgan fingerprint density at radius 1 is 1.21 bits per heavy atom. The molecule has 7 nitrogen and oxygen atoms in total. The average Bonchev–Trinajstić information content (AvgIpc) is 2.99. The van der Waals surface area contributed by atoms with E-state index < -0.39 is 23.6 Å². The molecule has 2 atom stereocenters. The minimum absolute atomic E-state index is 0.0168. The van der Waals surface area contributed by atoms with Crippen molar-refractivity contribution < 1.29 is 34.7 Å². The summed E-state index contributed by atoms with van der Waals surface area (Å²) in [5.74, 6) is -0.575. The van der Waals surface area contributed by atoms with Gasteiger partial charge in [-0.05, 0) is 37.6 Å². The first kappa shape index (κ1) is 19.7. The molecule has 4 N–H and O–H groups in total. The van der Waals surface area contributed by atoms with Crippen molar-refractivity contribution in [3.05, 3.63) is 53.1 Å². The fourth-order valence-corrected chi connectivity index (χ4v) is 3.15. The number of fused-ring (bicyclic) bond motifs is 1. The van der Waals surface area contributed by atoms with Crippen LogP contribution in [-0.2, 0) is 0 Å². The Labute approximate surface area is 162 Å². The lowest BCUT2D eigenvalue weighted by Gasteiger charge is -2.27. The number of ketones is 1. The van der Waals surface area contributed by atoms with E-state index in [0.717, 1.165) is 0 Å². The zero-order chi connectivity index (χ0) is 20.6. The molecule has 0 aromatic heterocycles. The lowest BCUT2D eigenvalue weighted by Crippen LogP contribution is -2.41. The van der Waals surface area contributed by atoms with E-state index >= 15 is 0 Å². The van der Waals surface area contributed by atoms with Gasteiger partial charge in [0.15, 0.2) is 11.9 Å². The second-order valence-corrected chi connectivity index (χ2v) is 7.14. The highest BCUT2D eigenvalue weighted by atomic mass is 16.5. The number of aliphatic hydroxyl groups is 2. The molecule has 0 fully saturated rings. The van der Waals surface area contributed by atoms with E-state index in [1.807, 2.05) is 0 Å². The van der Waals surface area contributed by atoms with Gasteiger partial charge < -0.3 is 29.9 Å². The molecule has 1 heterocycles. The molecule has 28 heavy (non-hydrogen) atoms. The lowest BCUT2D eigenvalue weighted by atomic mass is 9.93. The molecule has 1 aliphatic heterocycles. The highest BCUT2D eigenvalue weighted by Crippen LogP contribution is 2.50. The van der Waals surface area contributed by atoms with Crippen LogP contribution in [0.25, 0.3) is 6.08 Å². The van der Waals surface area contributed by atoms with E-state index in [2.05, 4.69) is 0 Å². The third-order valence-electron chi connectivity index (χ3n) is 4.57. The Morgan fingerprint density at radius 2 is 1.86 bits per heavy atom. The minimum Gasteiger partial charge on any atom is -0.508 e. The molecular formula is C21H22O7. The Morgan fingerprint density at radius 3 is 2.43 bits per heavy atom. The van der Waals surface area contributed by atoms with Gasteiger partial charge in [0.25, 0.3) is 0 Å². The first-order valence-electron chi connectivity index (χ1n) is 8.66. The second kappa shape index (κ2) is 7.18. The minimum atomic E-state index is -1.42. The number of allylic oxidation sites excluding steroid dienone is 1. The van der Waals surface area contributed by atoms with Crippen LogP contribution >= 0.6 is 0 Å². The maximum atomic E-state index is 12.9. The van der Waals surface area contributed by atoms with Crippen LogP contribution in [0.1, 0.15) is 41.4 Å². The van der Waals surface area contributed by atoms with E-state index in [-0.39, 0.29) is 34.1 Å². The Balaban J connectivity index is 2.04. The maximum absolute atomic E-state index is 12.9. The number of rotatable bonds is 5. The molecule has 0 amide bonds. The molecule has 7 heteroatoms. The molecule has 1 aliphatic rings. The molecule has 0 saturated carbocycles. The van der Waals surface area contributed by atoms with Crippen LogP contribution in [0, 0.1) is 0 Å². The van der Waals surface area contributed by atoms with E-state index in [1.54, 1.807) is 18.2 Å². The van der Waals surface area contributed by atoms with Gasteiger partial charge in [0.05, 0.1) is 18.3 Å². The number of aliphatic hydroxyl groups excluding tert-OH is 1. The van der Waals surface area contributed by atoms with Gasteiger partial charge in [-0.25, -0.2) is 0 Å². The smallest absolute Gasteiger partial charge is 0.193 e. The van der Waals surface area contributed by atoms with Crippen molar-refractivity contribution >= 4 is 11.9 Å². The van der Waals surface area contributed by atoms with Crippen LogP contribution in [0.5, 0.6) is 23.0 Å². The molecule has 0 saturated heterocycles. The van der Waals surface area contributed by atoms with Gasteiger partial charge in [-0.3, -0.25) is 4.79 Å². The largest absolute Gasteiger partial charge is 0.508 e. The van der Waals surface area contributed by atoms with E-state index in [1.165, 1.54) is 45.2 Å². The monoisotopic (exact) mass is 386 g/mol. The number of phenolic OH excluding ortho intramolecular Hbond substituents is 2. The van der Waals surface area contributed by atoms with Gasteiger partial charge in [0, 0.05) is 6.07 Å². The number of hydrogen-bond acceptors (Lipinski definition) is 7. The Hall–Kier alpha value is -3.03. The standard InChI is InChI=1S/C21H22O7/c1-21(2,26)20-18(25)17-14(24)10-15(27-3)16(19(17)28-20)13(23)9-6-11-4-7-12(22)8-5-11/h4-10,18,20,22,24-26H,1-3H3/b9-6+. The first-order chi connectivity index (χ1) is 13.1. The highest BCUT2D eigenvalue weighted by molar-refractivity contribution is 6.11.